The molecule has 1 aromatic rings. The third kappa shape index (κ3) is 4.34. The predicted molar refractivity (Wildman–Crippen MR) is 80.7 cm³/mol. The summed E-state index contributed by atoms with van der Waals surface area (Å²) < 4.78 is 0. The van der Waals surface area contributed by atoms with Crippen LogP contribution in [0.4, 0.5) is 4.79 Å². The average molecular weight is 288 g/mol. The van der Waals surface area contributed by atoms with Crippen molar-refractivity contribution in [3.8, 4) is 0 Å². The van der Waals surface area contributed by atoms with Crippen LogP contribution in [0.3, 0.4) is 0 Å². The summed E-state index contributed by atoms with van der Waals surface area (Å²) in [4.78, 5) is 24.4. The lowest BCUT2D eigenvalue weighted by Crippen LogP contribution is -2.44. The molecule has 0 aliphatic carbocycles. The number of carboxylic acids is 1. The van der Waals surface area contributed by atoms with Crippen LogP contribution in [0.2, 0.25) is 0 Å². The molecule has 1 fully saturated rings. The Balaban J connectivity index is 1.80. The first-order valence-corrected chi connectivity index (χ1v) is 7.08. The van der Waals surface area contributed by atoms with E-state index in [-0.39, 0.29) is 11.9 Å². The van der Waals surface area contributed by atoms with Gasteiger partial charge in [0.25, 0.3) is 0 Å². The second-order valence-corrected chi connectivity index (χ2v) is 5.29. The number of hydrogen-bond acceptors (Lipinski definition) is 2. The van der Waals surface area contributed by atoms with E-state index in [1.807, 2.05) is 37.3 Å². The van der Waals surface area contributed by atoms with Crippen LogP contribution in [0.15, 0.2) is 30.5 Å². The quantitative estimate of drug-likeness (QED) is 0.897. The predicted octanol–water partition coefficient (Wildman–Crippen LogP) is 2.47. The fourth-order valence-corrected chi connectivity index (χ4v) is 2.31. The van der Waals surface area contributed by atoms with Crippen molar-refractivity contribution >= 4 is 18.1 Å². The molecule has 0 aromatic heterocycles. The van der Waals surface area contributed by atoms with E-state index in [0.29, 0.717) is 25.9 Å². The van der Waals surface area contributed by atoms with Gasteiger partial charge in [-0.15, -0.1) is 0 Å². The minimum absolute atomic E-state index is 0.179. The molecule has 1 heterocycles. The maximum absolute atomic E-state index is 11.9. The molecule has 112 valence electrons. The fraction of sp³-hybridized carbons (Fsp3) is 0.375. The van der Waals surface area contributed by atoms with Crippen molar-refractivity contribution in [2.75, 3.05) is 13.1 Å². The van der Waals surface area contributed by atoms with Crippen molar-refractivity contribution in [3.05, 3.63) is 41.6 Å². The van der Waals surface area contributed by atoms with E-state index in [9.17, 15) is 9.59 Å². The van der Waals surface area contributed by atoms with E-state index in [1.54, 1.807) is 11.1 Å². The van der Waals surface area contributed by atoms with E-state index in [1.165, 1.54) is 5.56 Å². The van der Waals surface area contributed by atoms with Gasteiger partial charge in [-0.25, -0.2) is 4.79 Å². The number of rotatable bonds is 3. The summed E-state index contributed by atoms with van der Waals surface area (Å²) in [5.41, 5.74) is 2.21. The summed E-state index contributed by atoms with van der Waals surface area (Å²) >= 11 is 0. The number of likely N-dealkylation sites (tertiary alicyclic amines) is 1. The van der Waals surface area contributed by atoms with Crippen molar-refractivity contribution in [3.63, 3.8) is 0 Å². The number of aryl methyl sites for hydroxylation is 1. The molecule has 0 spiro atoms. The van der Waals surface area contributed by atoms with Gasteiger partial charge in [-0.3, -0.25) is 4.79 Å². The minimum atomic E-state index is -0.769. The van der Waals surface area contributed by atoms with Crippen LogP contribution >= 0.6 is 0 Å². The van der Waals surface area contributed by atoms with Crippen LogP contribution in [0, 0.1) is 12.8 Å². The van der Waals surface area contributed by atoms with Crippen LogP contribution in [-0.4, -0.2) is 35.1 Å². The number of carbonyl (C=O) groups excluding carboxylic acids is 1. The zero-order valence-corrected chi connectivity index (χ0v) is 12.1. The highest BCUT2D eigenvalue weighted by Gasteiger charge is 2.26. The molecule has 21 heavy (non-hydrogen) atoms. The molecule has 5 heteroatoms. The summed E-state index contributed by atoms with van der Waals surface area (Å²) in [7, 11) is 0. The Kier molecular flexibility index (Phi) is 4.98. The fourth-order valence-electron chi connectivity index (χ4n) is 2.31. The summed E-state index contributed by atoms with van der Waals surface area (Å²) in [6, 6.07) is 7.81. The van der Waals surface area contributed by atoms with Crippen molar-refractivity contribution in [2.45, 2.75) is 19.8 Å². The molecule has 2 amide bonds. The van der Waals surface area contributed by atoms with E-state index in [2.05, 4.69) is 5.32 Å². The summed E-state index contributed by atoms with van der Waals surface area (Å²) in [6.45, 7) is 3.00. The van der Waals surface area contributed by atoms with Crippen LogP contribution in [0.25, 0.3) is 6.08 Å². The van der Waals surface area contributed by atoms with Gasteiger partial charge in [0.15, 0.2) is 0 Å². The average Bonchev–Trinajstić information content (AvgIpc) is 2.49. The Morgan fingerprint density at radius 1 is 1.24 bits per heavy atom. The molecule has 1 aromatic carbocycles. The molecule has 1 aliphatic heterocycles. The zero-order chi connectivity index (χ0) is 15.2. The highest BCUT2D eigenvalue weighted by Crippen LogP contribution is 2.17. The lowest BCUT2D eigenvalue weighted by molar-refractivity contribution is -0.143. The summed E-state index contributed by atoms with van der Waals surface area (Å²) in [5.74, 6) is -1.09. The number of carboxylic acid groups (broad SMARTS) is 1. The highest BCUT2D eigenvalue weighted by molar-refractivity contribution is 5.77. The first-order chi connectivity index (χ1) is 10.1. The number of nitrogens with zero attached hydrogens (tertiary/aromatic N) is 1. The van der Waals surface area contributed by atoms with E-state index >= 15 is 0 Å². The largest absolute Gasteiger partial charge is 0.481 e. The number of hydrogen-bond donors (Lipinski definition) is 2. The molecular weight excluding hydrogens is 268 g/mol. The topological polar surface area (TPSA) is 69.6 Å². The first-order valence-electron chi connectivity index (χ1n) is 7.08. The number of amides is 2. The molecule has 0 unspecified atom stereocenters. The van der Waals surface area contributed by atoms with Crippen molar-refractivity contribution < 1.29 is 14.7 Å². The molecule has 1 aliphatic rings. The number of nitrogens with one attached hydrogen (secondary N) is 1. The zero-order valence-electron chi connectivity index (χ0n) is 12.1. The van der Waals surface area contributed by atoms with E-state index in [0.717, 1.165) is 5.56 Å². The smallest absolute Gasteiger partial charge is 0.321 e. The van der Waals surface area contributed by atoms with Crippen molar-refractivity contribution in [2.24, 2.45) is 5.92 Å². The lowest BCUT2D eigenvalue weighted by atomic mass is 9.97. The Morgan fingerprint density at radius 3 is 2.43 bits per heavy atom. The molecule has 0 bridgehead atoms. The molecule has 2 rings (SSSR count). The second kappa shape index (κ2) is 6.92. The first kappa shape index (κ1) is 15.1. The monoisotopic (exact) mass is 288 g/mol. The van der Waals surface area contributed by atoms with Gasteiger partial charge in [-0.2, -0.15) is 0 Å². The van der Waals surface area contributed by atoms with Gasteiger partial charge in [-0.1, -0.05) is 29.8 Å². The molecule has 0 radical (unpaired) electrons. The number of carbonyl (C=O) groups is 2. The van der Waals surface area contributed by atoms with Gasteiger partial charge in [0, 0.05) is 19.3 Å². The molecular formula is C16H20N2O3. The maximum Gasteiger partial charge on any atom is 0.321 e. The number of piperidine rings is 1. The van der Waals surface area contributed by atoms with Crippen molar-refractivity contribution in [1.29, 1.82) is 0 Å². The normalized spacial score (nSPS) is 16.1. The number of urea groups is 1. The maximum atomic E-state index is 11.9. The van der Waals surface area contributed by atoms with Crippen LogP contribution < -0.4 is 5.32 Å². The molecule has 0 atom stereocenters. The molecule has 0 saturated carbocycles. The second-order valence-electron chi connectivity index (χ2n) is 5.29. The minimum Gasteiger partial charge on any atom is -0.481 e. The van der Waals surface area contributed by atoms with Gasteiger partial charge in [0.2, 0.25) is 0 Å². The van der Waals surface area contributed by atoms with Crippen LogP contribution in [0.1, 0.15) is 24.0 Å². The summed E-state index contributed by atoms with van der Waals surface area (Å²) in [6.07, 6.45) is 4.49. The Labute approximate surface area is 124 Å². The number of benzene rings is 1. The van der Waals surface area contributed by atoms with Crippen LogP contribution in [0.5, 0.6) is 0 Å². The van der Waals surface area contributed by atoms with Crippen molar-refractivity contribution in [1.82, 2.24) is 10.2 Å². The van der Waals surface area contributed by atoms with Crippen LogP contribution in [-0.2, 0) is 4.79 Å². The van der Waals surface area contributed by atoms with E-state index < -0.39 is 5.97 Å². The Bertz CT molecular complexity index is 529. The summed E-state index contributed by atoms with van der Waals surface area (Å²) in [5, 5.41) is 11.6. The molecule has 1 saturated heterocycles. The third-order valence-electron chi connectivity index (χ3n) is 3.69. The molecule has 2 N–H and O–H groups in total. The Hall–Kier alpha value is -2.30. The van der Waals surface area contributed by atoms with Gasteiger partial charge < -0.3 is 15.3 Å². The van der Waals surface area contributed by atoms with Gasteiger partial charge in [0.1, 0.15) is 0 Å². The molecule has 5 nitrogen and oxygen atoms in total. The van der Waals surface area contributed by atoms with Gasteiger partial charge in [-0.05, 0) is 31.4 Å². The Morgan fingerprint density at radius 2 is 1.86 bits per heavy atom. The highest BCUT2D eigenvalue weighted by atomic mass is 16.4. The third-order valence-corrected chi connectivity index (χ3v) is 3.69. The lowest BCUT2D eigenvalue weighted by Gasteiger charge is -2.29. The standard InChI is InChI=1S/C16H20N2O3/c1-12-2-4-13(5-3-12)6-9-17-16(21)18-10-7-14(8-11-18)15(19)20/h2-6,9,14H,7-8,10-11H2,1H3,(H,17,21)(H,19,20)/b9-6+. The van der Waals surface area contributed by atoms with Gasteiger partial charge in [0.05, 0.1) is 5.92 Å². The number of aliphatic carboxylic acids is 1. The van der Waals surface area contributed by atoms with Gasteiger partial charge >= 0.3 is 12.0 Å². The van der Waals surface area contributed by atoms with E-state index in [4.69, 9.17) is 5.11 Å². The SMILES string of the molecule is Cc1ccc(/C=C/NC(=O)N2CCC(C(=O)O)CC2)cc1.